The summed E-state index contributed by atoms with van der Waals surface area (Å²) in [7, 11) is 0. The smallest absolute Gasteiger partial charge is 0.308 e. The van der Waals surface area contributed by atoms with E-state index in [4.69, 9.17) is 4.74 Å². The van der Waals surface area contributed by atoms with Gasteiger partial charge in [0.15, 0.2) is 0 Å². The molecule has 0 fully saturated rings. The van der Waals surface area contributed by atoms with Crippen LogP contribution >= 0.6 is 0 Å². The Bertz CT molecular complexity index is 769. The molecule has 0 atom stereocenters. The first-order valence-corrected chi connectivity index (χ1v) is 7.46. The Hall–Kier alpha value is -2.69. The van der Waals surface area contributed by atoms with Crippen molar-refractivity contribution in [3.63, 3.8) is 0 Å². The zero-order valence-corrected chi connectivity index (χ0v) is 13.4. The van der Waals surface area contributed by atoms with E-state index in [1.54, 1.807) is 41.4 Å². The average Bonchev–Trinajstić information content (AvgIpc) is 2.78. The molecule has 1 aromatic carbocycles. The minimum atomic E-state index is -0.423. The van der Waals surface area contributed by atoms with Gasteiger partial charge in [0.25, 0.3) is 5.91 Å². The molecule has 5 nitrogen and oxygen atoms in total. The third-order valence-electron chi connectivity index (χ3n) is 3.90. The highest BCUT2D eigenvalue weighted by Crippen LogP contribution is 2.43. The highest BCUT2D eigenvalue weighted by molar-refractivity contribution is 6.07. The summed E-state index contributed by atoms with van der Waals surface area (Å²) in [5, 5.41) is 0. The highest BCUT2D eigenvalue weighted by atomic mass is 16.5. The van der Waals surface area contributed by atoms with Gasteiger partial charge >= 0.3 is 5.97 Å². The molecule has 5 heteroatoms. The molecule has 0 aliphatic carbocycles. The predicted octanol–water partition coefficient (Wildman–Crippen LogP) is 2.99. The first-order chi connectivity index (χ1) is 10.9. The van der Waals surface area contributed by atoms with Gasteiger partial charge < -0.3 is 9.64 Å². The molecule has 2 aromatic rings. The lowest BCUT2D eigenvalue weighted by Gasteiger charge is -2.31. The molecule has 0 unspecified atom stereocenters. The van der Waals surface area contributed by atoms with Crippen molar-refractivity contribution < 1.29 is 14.3 Å². The summed E-state index contributed by atoms with van der Waals surface area (Å²) in [5.41, 5.74) is 1.61. The lowest BCUT2D eigenvalue weighted by molar-refractivity contribution is -0.131. The van der Waals surface area contributed by atoms with Gasteiger partial charge in [-0.05, 0) is 38.1 Å². The Morgan fingerprint density at radius 2 is 1.96 bits per heavy atom. The SMILES string of the molecule is CC(=O)Oc1cccc2c1CC(C)(C)N2C(=O)c1ccccn1. The van der Waals surface area contributed by atoms with Crippen LogP contribution in [0, 0.1) is 0 Å². The molecular weight excluding hydrogens is 292 g/mol. The Morgan fingerprint density at radius 1 is 1.17 bits per heavy atom. The minimum absolute atomic E-state index is 0.158. The fourth-order valence-electron chi connectivity index (χ4n) is 3.02. The van der Waals surface area contributed by atoms with E-state index in [1.165, 1.54) is 6.92 Å². The standard InChI is InChI=1S/C18H18N2O3/c1-12(21)23-16-9-6-8-15-13(16)11-18(2,3)20(15)17(22)14-7-4-5-10-19-14/h4-10H,11H2,1-3H3. The van der Waals surface area contributed by atoms with Crippen molar-refractivity contribution in [2.24, 2.45) is 0 Å². The van der Waals surface area contributed by atoms with Crippen molar-refractivity contribution >= 4 is 17.6 Å². The average molecular weight is 310 g/mol. The molecule has 1 aliphatic heterocycles. The van der Waals surface area contributed by atoms with Gasteiger partial charge in [0, 0.05) is 30.6 Å². The molecule has 1 aromatic heterocycles. The number of amides is 1. The molecule has 23 heavy (non-hydrogen) atoms. The lowest BCUT2D eigenvalue weighted by atomic mass is 9.98. The van der Waals surface area contributed by atoms with E-state index < -0.39 is 5.54 Å². The molecule has 1 aliphatic rings. The van der Waals surface area contributed by atoms with Gasteiger partial charge in [-0.2, -0.15) is 0 Å². The molecule has 0 spiro atoms. The molecular formula is C18H18N2O3. The predicted molar refractivity (Wildman–Crippen MR) is 86.6 cm³/mol. The number of anilines is 1. The molecule has 3 rings (SSSR count). The van der Waals surface area contributed by atoms with Crippen LogP contribution in [0.1, 0.15) is 36.8 Å². The van der Waals surface area contributed by atoms with E-state index in [9.17, 15) is 9.59 Å². The summed E-state index contributed by atoms with van der Waals surface area (Å²) in [6.45, 7) is 5.35. The van der Waals surface area contributed by atoms with E-state index >= 15 is 0 Å². The first-order valence-electron chi connectivity index (χ1n) is 7.46. The van der Waals surface area contributed by atoms with Crippen LogP contribution in [0.15, 0.2) is 42.6 Å². The fourth-order valence-corrected chi connectivity index (χ4v) is 3.02. The van der Waals surface area contributed by atoms with E-state index in [0.717, 1.165) is 11.3 Å². The van der Waals surface area contributed by atoms with Crippen molar-refractivity contribution in [2.75, 3.05) is 4.90 Å². The van der Waals surface area contributed by atoms with Gasteiger partial charge in [-0.15, -0.1) is 0 Å². The number of rotatable bonds is 2. The molecule has 118 valence electrons. The van der Waals surface area contributed by atoms with Gasteiger partial charge in [-0.1, -0.05) is 12.1 Å². The minimum Gasteiger partial charge on any atom is -0.426 e. The zero-order valence-electron chi connectivity index (χ0n) is 13.4. The highest BCUT2D eigenvalue weighted by Gasteiger charge is 2.42. The van der Waals surface area contributed by atoms with Crippen LogP contribution in [0.2, 0.25) is 0 Å². The second-order valence-corrected chi connectivity index (χ2v) is 6.19. The normalized spacial score (nSPS) is 15.2. The largest absolute Gasteiger partial charge is 0.426 e. The van der Waals surface area contributed by atoms with Gasteiger partial charge in [0.2, 0.25) is 0 Å². The van der Waals surface area contributed by atoms with Gasteiger partial charge in [-0.3, -0.25) is 14.6 Å². The van der Waals surface area contributed by atoms with Crippen molar-refractivity contribution in [3.05, 3.63) is 53.9 Å². The van der Waals surface area contributed by atoms with Gasteiger partial charge in [0.1, 0.15) is 11.4 Å². The monoisotopic (exact) mass is 310 g/mol. The second kappa shape index (κ2) is 5.50. The Kier molecular flexibility index (Phi) is 3.64. The van der Waals surface area contributed by atoms with Gasteiger partial charge in [-0.25, -0.2) is 0 Å². The van der Waals surface area contributed by atoms with E-state index in [0.29, 0.717) is 17.9 Å². The summed E-state index contributed by atoms with van der Waals surface area (Å²) >= 11 is 0. The van der Waals surface area contributed by atoms with Crippen LogP contribution in [-0.4, -0.2) is 22.4 Å². The first kappa shape index (κ1) is 15.2. The summed E-state index contributed by atoms with van der Waals surface area (Å²) in [6.07, 6.45) is 2.22. The number of hydrogen-bond acceptors (Lipinski definition) is 4. The summed E-state index contributed by atoms with van der Waals surface area (Å²) in [6, 6.07) is 10.7. The van der Waals surface area contributed by atoms with Gasteiger partial charge in [0.05, 0.1) is 5.69 Å². The number of carbonyl (C=O) groups excluding carboxylic acids is 2. The number of esters is 1. The number of pyridine rings is 1. The number of ether oxygens (including phenoxy) is 1. The van der Waals surface area contributed by atoms with E-state index in [2.05, 4.69) is 4.98 Å². The van der Waals surface area contributed by atoms with Crippen molar-refractivity contribution in [1.29, 1.82) is 0 Å². The van der Waals surface area contributed by atoms with Crippen LogP contribution in [0.3, 0.4) is 0 Å². The molecule has 2 heterocycles. The maximum atomic E-state index is 12.9. The number of fused-ring (bicyclic) bond motifs is 1. The molecule has 1 amide bonds. The summed E-state index contributed by atoms with van der Waals surface area (Å²) in [5.74, 6) is -0.0144. The maximum absolute atomic E-state index is 12.9. The third-order valence-corrected chi connectivity index (χ3v) is 3.90. The topological polar surface area (TPSA) is 59.5 Å². The van der Waals surface area contributed by atoms with Crippen molar-refractivity contribution in [3.8, 4) is 5.75 Å². The number of carbonyl (C=O) groups is 2. The molecule has 0 N–H and O–H groups in total. The number of benzene rings is 1. The van der Waals surface area contributed by atoms with Crippen LogP contribution < -0.4 is 9.64 Å². The second-order valence-electron chi connectivity index (χ2n) is 6.19. The fraction of sp³-hybridized carbons (Fsp3) is 0.278. The maximum Gasteiger partial charge on any atom is 0.308 e. The quantitative estimate of drug-likeness (QED) is 0.632. The Balaban J connectivity index is 2.07. The lowest BCUT2D eigenvalue weighted by Crippen LogP contribution is -2.45. The molecule has 0 saturated heterocycles. The third kappa shape index (κ3) is 2.70. The van der Waals surface area contributed by atoms with Crippen LogP contribution in [0.4, 0.5) is 5.69 Å². The molecule has 0 bridgehead atoms. The zero-order chi connectivity index (χ0) is 16.6. The van der Waals surface area contributed by atoms with Crippen molar-refractivity contribution in [1.82, 2.24) is 4.98 Å². The van der Waals surface area contributed by atoms with Crippen LogP contribution in [0.5, 0.6) is 5.75 Å². The summed E-state index contributed by atoms with van der Waals surface area (Å²) in [4.78, 5) is 30.1. The Morgan fingerprint density at radius 3 is 2.61 bits per heavy atom. The Labute approximate surface area is 134 Å². The number of nitrogens with zero attached hydrogens (tertiary/aromatic N) is 2. The van der Waals surface area contributed by atoms with Crippen LogP contribution in [-0.2, 0) is 11.2 Å². The van der Waals surface area contributed by atoms with E-state index in [1.807, 2.05) is 19.9 Å². The van der Waals surface area contributed by atoms with Crippen molar-refractivity contribution in [2.45, 2.75) is 32.7 Å². The molecule has 0 radical (unpaired) electrons. The summed E-state index contributed by atoms with van der Waals surface area (Å²) < 4.78 is 5.29. The van der Waals surface area contributed by atoms with Crippen LogP contribution in [0.25, 0.3) is 0 Å². The number of hydrogen-bond donors (Lipinski definition) is 0. The molecule has 0 saturated carbocycles. The number of aromatic nitrogens is 1. The van der Waals surface area contributed by atoms with E-state index in [-0.39, 0.29) is 11.9 Å².